The number of hydrogen-bond acceptors (Lipinski definition) is 2. The smallest absolute Gasteiger partial charge is 0.137 e. The highest BCUT2D eigenvalue weighted by molar-refractivity contribution is 8.00. The van der Waals surface area contributed by atoms with Crippen molar-refractivity contribution in [2.45, 2.75) is 68.7 Å². The zero-order chi connectivity index (χ0) is 13.9. The summed E-state index contributed by atoms with van der Waals surface area (Å²) in [6, 6.07) is 5.66. The molecule has 1 N–H and O–H groups in total. The van der Waals surface area contributed by atoms with Crippen LogP contribution in [0, 0.1) is 5.82 Å². The lowest BCUT2D eigenvalue weighted by Crippen LogP contribution is -2.35. The van der Waals surface area contributed by atoms with Gasteiger partial charge in [0.05, 0.1) is 0 Å². The monoisotopic (exact) mass is 281 g/mol. The summed E-state index contributed by atoms with van der Waals surface area (Å²) in [4.78, 5) is 0.811. The van der Waals surface area contributed by atoms with Gasteiger partial charge < -0.3 is 5.32 Å². The molecule has 1 nitrogen and oxygen atoms in total. The van der Waals surface area contributed by atoms with Crippen molar-refractivity contribution < 1.29 is 4.39 Å². The van der Waals surface area contributed by atoms with E-state index in [1.807, 2.05) is 12.1 Å². The molecule has 1 aromatic carbocycles. The van der Waals surface area contributed by atoms with Crippen LogP contribution in [-0.2, 0) is 6.54 Å². The molecule has 0 unspecified atom stereocenters. The highest BCUT2D eigenvalue weighted by atomic mass is 32.2. The Morgan fingerprint density at radius 2 is 1.95 bits per heavy atom. The Hall–Kier alpha value is -0.540. The van der Waals surface area contributed by atoms with Crippen molar-refractivity contribution in [1.82, 2.24) is 5.32 Å². The molecule has 2 rings (SSSR count). The van der Waals surface area contributed by atoms with Crippen molar-refractivity contribution in [1.29, 1.82) is 0 Å². The van der Waals surface area contributed by atoms with E-state index in [1.54, 1.807) is 17.8 Å². The summed E-state index contributed by atoms with van der Waals surface area (Å²) in [5.41, 5.74) is 1.08. The molecule has 3 heteroatoms. The Kier molecular flexibility index (Phi) is 4.91. The van der Waals surface area contributed by atoms with Crippen molar-refractivity contribution in [3.8, 4) is 0 Å². The number of thioether (sulfide) groups is 1. The van der Waals surface area contributed by atoms with Gasteiger partial charge in [0, 0.05) is 22.2 Å². The number of rotatable bonds is 4. The summed E-state index contributed by atoms with van der Waals surface area (Å²) in [7, 11) is 0. The fourth-order valence-corrected chi connectivity index (χ4v) is 3.55. The van der Waals surface area contributed by atoms with E-state index in [0.29, 0.717) is 5.25 Å². The zero-order valence-electron chi connectivity index (χ0n) is 12.1. The lowest BCUT2D eigenvalue weighted by molar-refractivity contribution is 0.423. The SMILES string of the molecule is CC(C)(C)NCc1ccc(SC2CCCC2)c(F)c1. The molecule has 0 atom stereocenters. The standard InChI is InChI=1S/C16H24FNS/c1-16(2,3)18-11-12-8-9-15(14(17)10-12)19-13-6-4-5-7-13/h8-10,13,18H,4-7,11H2,1-3H3. The van der Waals surface area contributed by atoms with E-state index in [0.717, 1.165) is 17.0 Å². The van der Waals surface area contributed by atoms with Crippen LogP contribution in [0.5, 0.6) is 0 Å². The van der Waals surface area contributed by atoms with Crippen LogP contribution in [0.4, 0.5) is 4.39 Å². The first-order valence-corrected chi connectivity index (χ1v) is 8.02. The normalized spacial score (nSPS) is 17.1. The van der Waals surface area contributed by atoms with E-state index >= 15 is 0 Å². The molecular formula is C16H24FNS. The molecular weight excluding hydrogens is 257 g/mol. The molecule has 0 spiro atoms. The quantitative estimate of drug-likeness (QED) is 0.855. The molecule has 106 valence electrons. The third-order valence-corrected chi connectivity index (χ3v) is 4.80. The molecule has 0 radical (unpaired) electrons. The average molecular weight is 281 g/mol. The maximum absolute atomic E-state index is 14.1. The number of nitrogens with one attached hydrogen (secondary N) is 1. The fraction of sp³-hybridized carbons (Fsp3) is 0.625. The van der Waals surface area contributed by atoms with Gasteiger partial charge in [-0.25, -0.2) is 4.39 Å². The molecule has 1 saturated carbocycles. The molecule has 1 aliphatic rings. The van der Waals surface area contributed by atoms with E-state index in [9.17, 15) is 4.39 Å². The fourth-order valence-electron chi connectivity index (χ4n) is 2.30. The number of halogens is 1. The highest BCUT2D eigenvalue weighted by Crippen LogP contribution is 2.36. The third kappa shape index (κ3) is 4.81. The molecule has 0 aromatic heterocycles. The lowest BCUT2D eigenvalue weighted by atomic mass is 10.1. The van der Waals surface area contributed by atoms with Crippen molar-refractivity contribution >= 4 is 11.8 Å². The molecule has 0 aliphatic heterocycles. The van der Waals surface area contributed by atoms with E-state index in [4.69, 9.17) is 0 Å². The van der Waals surface area contributed by atoms with Gasteiger partial charge in [0.25, 0.3) is 0 Å². The zero-order valence-corrected chi connectivity index (χ0v) is 12.9. The molecule has 1 aliphatic carbocycles. The van der Waals surface area contributed by atoms with Crippen LogP contribution in [0.1, 0.15) is 52.0 Å². The first-order valence-electron chi connectivity index (χ1n) is 7.14. The van der Waals surface area contributed by atoms with Gasteiger partial charge in [0.2, 0.25) is 0 Å². The first-order chi connectivity index (χ1) is 8.94. The molecule has 0 saturated heterocycles. The minimum Gasteiger partial charge on any atom is -0.308 e. The molecule has 1 aromatic rings. The van der Waals surface area contributed by atoms with Crippen molar-refractivity contribution in [2.24, 2.45) is 0 Å². The second-order valence-corrected chi connectivity index (χ2v) is 7.73. The van der Waals surface area contributed by atoms with E-state index in [-0.39, 0.29) is 11.4 Å². The Bertz CT molecular complexity index is 419. The van der Waals surface area contributed by atoms with E-state index in [2.05, 4.69) is 26.1 Å². The van der Waals surface area contributed by atoms with Gasteiger partial charge in [-0.15, -0.1) is 11.8 Å². The lowest BCUT2D eigenvalue weighted by Gasteiger charge is -2.20. The van der Waals surface area contributed by atoms with Crippen molar-refractivity contribution in [3.63, 3.8) is 0 Å². The first kappa shape index (κ1) is 14.9. The van der Waals surface area contributed by atoms with Crippen LogP contribution in [0.3, 0.4) is 0 Å². The van der Waals surface area contributed by atoms with Crippen LogP contribution in [0.25, 0.3) is 0 Å². The largest absolute Gasteiger partial charge is 0.308 e. The molecule has 0 amide bonds. The van der Waals surface area contributed by atoms with Gasteiger partial charge in [0.1, 0.15) is 5.82 Å². The van der Waals surface area contributed by atoms with Crippen molar-refractivity contribution in [3.05, 3.63) is 29.6 Å². The van der Waals surface area contributed by atoms with Crippen LogP contribution in [0.2, 0.25) is 0 Å². The second kappa shape index (κ2) is 6.27. The van der Waals surface area contributed by atoms with Crippen LogP contribution in [0.15, 0.2) is 23.1 Å². The van der Waals surface area contributed by atoms with E-state index in [1.165, 1.54) is 25.7 Å². The summed E-state index contributed by atoms with van der Waals surface area (Å²) in [5, 5.41) is 4.00. The predicted octanol–water partition coefficient (Wildman–Crippen LogP) is 4.75. The molecule has 1 fully saturated rings. The maximum Gasteiger partial charge on any atom is 0.137 e. The summed E-state index contributed by atoms with van der Waals surface area (Å²) in [6.45, 7) is 7.07. The van der Waals surface area contributed by atoms with E-state index < -0.39 is 0 Å². The predicted molar refractivity (Wildman–Crippen MR) is 81.1 cm³/mol. The molecule has 19 heavy (non-hydrogen) atoms. The maximum atomic E-state index is 14.1. The molecule has 0 heterocycles. The van der Waals surface area contributed by atoms with Gasteiger partial charge in [-0.1, -0.05) is 18.9 Å². The number of benzene rings is 1. The Labute approximate surface area is 120 Å². The van der Waals surface area contributed by atoms with Crippen molar-refractivity contribution in [2.75, 3.05) is 0 Å². The Morgan fingerprint density at radius 3 is 2.53 bits per heavy atom. The van der Waals surface area contributed by atoms with Gasteiger partial charge in [-0.05, 0) is 51.3 Å². The Morgan fingerprint density at radius 1 is 1.26 bits per heavy atom. The molecule has 0 bridgehead atoms. The van der Waals surface area contributed by atoms with Gasteiger partial charge >= 0.3 is 0 Å². The Balaban J connectivity index is 1.96. The topological polar surface area (TPSA) is 12.0 Å². The minimum absolute atomic E-state index is 0.0632. The highest BCUT2D eigenvalue weighted by Gasteiger charge is 2.18. The average Bonchev–Trinajstić information content (AvgIpc) is 2.81. The number of hydrogen-bond donors (Lipinski definition) is 1. The van der Waals surface area contributed by atoms with Gasteiger partial charge in [-0.2, -0.15) is 0 Å². The second-order valence-electron chi connectivity index (χ2n) is 6.39. The summed E-state index contributed by atoms with van der Waals surface area (Å²) >= 11 is 1.71. The van der Waals surface area contributed by atoms with Crippen LogP contribution in [-0.4, -0.2) is 10.8 Å². The summed E-state index contributed by atoms with van der Waals surface area (Å²) in [5.74, 6) is -0.0647. The van der Waals surface area contributed by atoms with Gasteiger partial charge in [-0.3, -0.25) is 0 Å². The van der Waals surface area contributed by atoms with Crippen LogP contribution >= 0.6 is 11.8 Å². The van der Waals surface area contributed by atoms with Gasteiger partial charge in [0.15, 0.2) is 0 Å². The third-order valence-electron chi connectivity index (χ3n) is 3.41. The van der Waals surface area contributed by atoms with Crippen LogP contribution < -0.4 is 5.32 Å². The minimum atomic E-state index is -0.0647. The summed E-state index contributed by atoms with van der Waals surface area (Å²) in [6.07, 6.45) is 5.06. The summed E-state index contributed by atoms with van der Waals surface area (Å²) < 4.78 is 14.1.